The second-order valence-corrected chi connectivity index (χ2v) is 6.34. The number of nitrogens with one attached hydrogen (secondary N) is 2. The van der Waals surface area contributed by atoms with Gasteiger partial charge < -0.3 is 10.1 Å². The van der Waals surface area contributed by atoms with Crippen LogP contribution in [0.2, 0.25) is 0 Å². The van der Waals surface area contributed by atoms with Gasteiger partial charge in [-0.25, -0.2) is 9.97 Å². The highest BCUT2D eigenvalue weighted by Gasteiger charge is 2.29. The number of hydrogen-bond acceptors (Lipinski definition) is 5. The molecular weight excluding hydrogens is 302 g/mol. The number of aromatic amines is 1. The van der Waals surface area contributed by atoms with Crippen molar-refractivity contribution in [2.75, 3.05) is 18.5 Å². The molecule has 0 atom stereocenters. The average Bonchev–Trinajstić information content (AvgIpc) is 3.06. The Morgan fingerprint density at radius 2 is 2.04 bits per heavy atom. The minimum Gasteiger partial charge on any atom is -0.381 e. The van der Waals surface area contributed by atoms with Crippen molar-refractivity contribution in [3.05, 3.63) is 48.4 Å². The summed E-state index contributed by atoms with van der Waals surface area (Å²) in [7, 11) is 0. The first kappa shape index (κ1) is 15.1. The molecule has 1 fully saturated rings. The maximum atomic E-state index is 5.83. The smallest absolute Gasteiger partial charge is 0.160 e. The molecule has 2 aromatic heterocycles. The van der Waals surface area contributed by atoms with Gasteiger partial charge in [0.15, 0.2) is 5.65 Å². The van der Waals surface area contributed by atoms with Crippen LogP contribution in [0.3, 0.4) is 0 Å². The van der Waals surface area contributed by atoms with E-state index in [1.54, 1.807) is 12.5 Å². The highest BCUT2D eigenvalue weighted by molar-refractivity contribution is 5.85. The van der Waals surface area contributed by atoms with Gasteiger partial charge in [-0.05, 0) is 30.7 Å². The number of hydrogen-bond donors (Lipinski definition) is 2. The molecule has 6 heteroatoms. The molecule has 0 amide bonds. The van der Waals surface area contributed by atoms with Crippen LogP contribution in [0.25, 0.3) is 11.0 Å². The van der Waals surface area contributed by atoms with Crippen molar-refractivity contribution in [1.82, 2.24) is 20.2 Å². The van der Waals surface area contributed by atoms with E-state index in [1.165, 1.54) is 5.56 Å². The summed E-state index contributed by atoms with van der Waals surface area (Å²) >= 11 is 0. The van der Waals surface area contributed by atoms with E-state index < -0.39 is 0 Å². The Morgan fingerprint density at radius 3 is 2.92 bits per heavy atom. The summed E-state index contributed by atoms with van der Waals surface area (Å²) in [6.45, 7) is 1.63. The first-order valence-electron chi connectivity index (χ1n) is 8.41. The van der Waals surface area contributed by atoms with E-state index in [9.17, 15) is 0 Å². The number of rotatable bonds is 7. The van der Waals surface area contributed by atoms with Gasteiger partial charge in [-0.15, -0.1) is 0 Å². The second kappa shape index (κ2) is 6.97. The van der Waals surface area contributed by atoms with Crippen molar-refractivity contribution in [3.63, 3.8) is 0 Å². The van der Waals surface area contributed by atoms with Crippen LogP contribution in [0.4, 0.5) is 5.82 Å². The fourth-order valence-corrected chi connectivity index (χ4v) is 3.15. The molecule has 1 aliphatic carbocycles. The number of H-pyrrole nitrogens is 1. The quantitative estimate of drug-likeness (QED) is 0.654. The fraction of sp³-hybridized carbons (Fsp3) is 0.389. The summed E-state index contributed by atoms with van der Waals surface area (Å²) in [5, 5.41) is 11.3. The van der Waals surface area contributed by atoms with Crippen molar-refractivity contribution >= 4 is 16.9 Å². The maximum Gasteiger partial charge on any atom is 0.160 e. The van der Waals surface area contributed by atoms with Crippen LogP contribution in [-0.4, -0.2) is 39.4 Å². The monoisotopic (exact) mass is 323 g/mol. The first-order chi connectivity index (χ1) is 11.9. The fourth-order valence-electron chi connectivity index (χ4n) is 3.15. The molecule has 24 heavy (non-hydrogen) atoms. The Kier molecular flexibility index (Phi) is 4.38. The van der Waals surface area contributed by atoms with Gasteiger partial charge in [-0.3, -0.25) is 5.10 Å². The van der Waals surface area contributed by atoms with E-state index in [0.717, 1.165) is 49.3 Å². The maximum absolute atomic E-state index is 5.83. The summed E-state index contributed by atoms with van der Waals surface area (Å²) < 4.78 is 5.83. The van der Waals surface area contributed by atoms with Crippen molar-refractivity contribution in [2.24, 2.45) is 5.92 Å². The van der Waals surface area contributed by atoms with Gasteiger partial charge in [0.1, 0.15) is 12.1 Å². The molecule has 0 unspecified atom stereocenters. The number of benzene rings is 1. The largest absolute Gasteiger partial charge is 0.381 e. The molecule has 124 valence electrons. The van der Waals surface area contributed by atoms with Crippen molar-refractivity contribution in [3.8, 4) is 0 Å². The SMILES string of the molecule is c1ccc(CCOCC2CC(Nc3ncnc4[nH]ncc34)C2)cc1. The van der Waals surface area contributed by atoms with E-state index >= 15 is 0 Å². The molecule has 0 saturated heterocycles. The van der Waals surface area contributed by atoms with Gasteiger partial charge in [0, 0.05) is 12.6 Å². The van der Waals surface area contributed by atoms with Crippen molar-refractivity contribution in [1.29, 1.82) is 0 Å². The minimum atomic E-state index is 0.459. The Balaban J connectivity index is 1.18. The topological polar surface area (TPSA) is 75.7 Å². The minimum absolute atomic E-state index is 0.459. The molecule has 1 aliphatic rings. The average molecular weight is 323 g/mol. The Bertz CT molecular complexity index is 782. The lowest BCUT2D eigenvalue weighted by Crippen LogP contribution is -2.38. The normalized spacial score (nSPS) is 20.0. The third-order valence-electron chi connectivity index (χ3n) is 4.56. The Morgan fingerprint density at radius 1 is 1.17 bits per heavy atom. The van der Waals surface area contributed by atoms with Crippen LogP contribution in [0.5, 0.6) is 0 Å². The Labute approximate surface area is 140 Å². The molecule has 6 nitrogen and oxygen atoms in total. The molecule has 0 spiro atoms. The molecule has 0 radical (unpaired) electrons. The van der Waals surface area contributed by atoms with Crippen molar-refractivity contribution < 1.29 is 4.74 Å². The number of fused-ring (bicyclic) bond motifs is 1. The molecule has 2 N–H and O–H groups in total. The van der Waals surface area contributed by atoms with E-state index in [-0.39, 0.29) is 0 Å². The van der Waals surface area contributed by atoms with Crippen LogP contribution in [0, 0.1) is 5.92 Å². The zero-order valence-electron chi connectivity index (χ0n) is 13.5. The molecule has 0 aliphatic heterocycles. The van der Waals surface area contributed by atoms with Gasteiger partial charge in [-0.2, -0.15) is 5.10 Å². The number of anilines is 1. The van der Waals surface area contributed by atoms with Crippen LogP contribution in [-0.2, 0) is 11.2 Å². The highest BCUT2D eigenvalue weighted by Crippen LogP contribution is 2.31. The molecule has 1 aromatic carbocycles. The highest BCUT2D eigenvalue weighted by atomic mass is 16.5. The molecular formula is C18H21N5O. The zero-order valence-corrected chi connectivity index (χ0v) is 13.5. The van der Waals surface area contributed by atoms with E-state index in [4.69, 9.17) is 4.74 Å². The molecule has 4 rings (SSSR count). The summed E-state index contributed by atoms with van der Waals surface area (Å²) in [5.41, 5.74) is 2.10. The third kappa shape index (κ3) is 3.38. The standard InChI is InChI=1S/C18H21N5O/c1-2-4-13(5-3-1)6-7-24-11-14-8-15(9-14)22-17-16-10-21-23-18(16)20-12-19-17/h1-5,10,12,14-15H,6-9,11H2,(H2,19,20,21,22,23). The molecule has 3 aromatic rings. The third-order valence-corrected chi connectivity index (χ3v) is 4.56. The van der Waals surface area contributed by atoms with Crippen molar-refractivity contribution in [2.45, 2.75) is 25.3 Å². The number of aromatic nitrogens is 4. The van der Waals surface area contributed by atoms with Gasteiger partial charge in [-0.1, -0.05) is 30.3 Å². The zero-order chi connectivity index (χ0) is 16.2. The summed E-state index contributed by atoms with van der Waals surface area (Å²) in [6, 6.07) is 10.9. The van der Waals surface area contributed by atoms with Gasteiger partial charge in [0.2, 0.25) is 0 Å². The van der Waals surface area contributed by atoms with Gasteiger partial charge in [0.25, 0.3) is 0 Å². The lowest BCUT2D eigenvalue weighted by molar-refractivity contribution is 0.0670. The predicted octanol–water partition coefficient (Wildman–Crippen LogP) is 2.80. The summed E-state index contributed by atoms with van der Waals surface area (Å²) in [6.07, 6.45) is 6.55. The van der Waals surface area contributed by atoms with Gasteiger partial charge in [0.05, 0.1) is 18.2 Å². The lowest BCUT2D eigenvalue weighted by Gasteiger charge is -2.36. The summed E-state index contributed by atoms with van der Waals surface area (Å²) in [5.74, 6) is 1.50. The van der Waals surface area contributed by atoms with Crippen LogP contribution < -0.4 is 5.32 Å². The van der Waals surface area contributed by atoms with Crippen LogP contribution in [0.1, 0.15) is 18.4 Å². The molecule has 1 saturated carbocycles. The van der Waals surface area contributed by atoms with E-state index in [1.807, 2.05) is 6.07 Å². The van der Waals surface area contributed by atoms with Crippen LogP contribution in [0.15, 0.2) is 42.9 Å². The predicted molar refractivity (Wildman–Crippen MR) is 92.8 cm³/mol. The number of ether oxygens (including phenoxy) is 1. The first-order valence-corrected chi connectivity index (χ1v) is 8.41. The number of nitrogens with zero attached hydrogens (tertiary/aromatic N) is 3. The molecule has 2 heterocycles. The Hall–Kier alpha value is -2.47. The second-order valence-electron chi connectivity index (χ2n) is 6.34. The van der Waals surface area contributed by atoms with Crippen LogP contribution >= 0.6 is 0 Å². The molecule has 0 bridgehead atoms. The summed E-state index contributed by atoms with van der Waals surface area (Å²) in [4.78, 5) is 8.48. The van der Waals surface area contributed by atoms with Gasteiger partial charge >= 0.3 is 0 Å². The lowest BCUT2D eigenvalue weighted by atomic mass is 9.81. The van der Waals surface area contributed by atoms with E-state index in [2.05, 4.69) is 49.7 Å². The van der Waals surface area contributed by atoms with E-state index in [0.29, 0.717) is 12.0 Å².